The highest BCUT2D eigenvalue weighted by Crippen LogP contribution is 1.99. The second-order valence-corrected chi connectivity index (χ2v) is 4.24. The van der Waals surface area contributed by atoms with Crippen LogP contribution in [0.25, 0.3) is 0 Å². The minimum atomic E-state index is -0.503. The summed E-state index contributed by atoms with van der Waals surface area (Å²) in [5, 5.41) is 6.27. The van der Waals surface area contributed by atoms with Gasteiger partial charge in [0.2, 0.25) is 11.8 Å². The van der Waals surface area contributed by atoms with Crippen molar-refractivity contribution in [2.45, 2.75) is 26.3 Å². The summed E-state index contributed by atoms with van der Waals surface area (Å²) in [7, 11) is 0. The van der Waals surface area contributed by atoms with Gasteiger partial charge < -0.3 is 5.32 Å². The topological polar surface area (TPSA) is 70.6 Å². The SMILES string of the molecule is CC(C)NC(=O)CC(=O)NN=Cc1ccc(F)cc1. The largest absolute Gasteiger partial charge is 0.353 e. The van der Waals surface area contributed by atoms with Crippen molar-refractivity contribution in [1.82, 2.24) is 10.7 Å². The maximum absolute atomic E-state index is 12.6. The van der Waals surface area contributed by atoms with Gasteiger partial charge in [-0.25, -0.2) is 9.82 Å². The van der Waals surface area contributed by atoms with Gasteiger partial charge in [0.1, 0.15) is 12.2 Å². The molecule has 0 aliphatic carbocycles. The number of halogens is 1. The average molecular weight is 265 g/mol. The molecule has 19 heavy (non-hydrogen) atoms. The van der Waals surface area contributed by atoms with Gasteiger partial charge in [0.15, 0.2) is 0 Å². The van der Waals surface area contributed by atoms with E-state index in [-0.39, 0.29) is 24.2 Å². The third-order valence-corrected chi connectivity index (χ3v) is 2.04. The Balaban J connectivity index is 2.37. The highest BCUT2D eigenvalue weighted by molar-refractivity contribution is 5.97. The summed E-state index contributed by atoms with van der Waals surface area (Å²) in [5.74, 6) is -1.20. The zero-order chi connectivity index (χ0) is 14.3. The summed E-state index contributed by atoms with van der Waals surface area (Å²) in [6, 6.07) is 5.62. The van der Waals surface area contributed by atoms with E-state index < -0.39 is 5.91 Å². The van der Waals surface area contributed by atoms with Gasteiger partial charge in [0.25, 0.3) is 0 Å². The van der Waals surface area contributed by atoms with E-state index in [1.165, 1.54) is 30.5 Å². The lowest BCUT2D eigenvalue weighted by molar-refractivity contribution is -0.129. The zero-order valence-corrected chi connectivity index (χ0v) is 10.8. The Bertz CT molecular complexity index is 469. The van der Waals surface area contributed by atoms with E-state index in [9.17, 15) is 14.0 Å². The molecular formula is C13H16FN3O2. The Morgan fingerprint density at radius 3 is 2.47 bits per heavy atom. The number of carbonyl (C=O) groups excluding carboxylic acids is 2. The first-order valence-corrected chi connectivity index (χ1v) is 5.84. The number of rotatable bonds is 5. The lowest BCUT2D eigenvalue weighted by Crippen LogP contribution is -2.34. The Morgan fingerprint density at radius 2 is 1.89 bits per heavy atom. The van der Waals surface area contributed by atoms with Crippen LogP contribution in [0.5, 0.6) is 0 Å². The number of carbonyl (C=O) groups is 2. The van der Waals surface area contributed by atoms with E-state index in [1.807, 2.05) is 13.8 Å². The monoisotopic (exact) mass is 265 g/mol. The molecule has 1 aromatic rings. The third-order valence-electron chi connectivity index (χ3n) is 2.04. The molecule has 0 saturated carbocycles. The summed E-state index contributed by atoms with van der Waals surface area (Å²) in [6.45, 7) is 3.62. The maximum Gasteiger partial charge on any atom is 0.249 e. The van der Waals surface area contributed by atoms with Crippen molar-refractivity contribution in [2.75, 3.05) is 0 Å². The lowest BCUT2D eigenvalue weighted by atomic mass is 10.2. The van der Waals surface area contributed by atoms with Crippen LogP contribution in [-0.2, 0) is 9.59 Å². The van der Waals surface area contributed by atoms with Crippen molar-refractivity contribution in [3.63, 3.8) is 0 Å². The molecule has 0 bridgehead atoms. The number of nitrogens with one attached hydrogen (secondary N) is 2. The van der Waals surface area contributed by atoms with Crippen LogP contribution in [0, 0.1) is 5.82 Å². The van der Waals surface area contributed by atoms with Gasteiger partial charge in [-0.2, -0.15) is 5.10 Å². The van der Waals surface area contributed by atoms with Crippen molar-refractivity contribution in [2.24, 2.45) is 5.10 Å². The molecule has 0 heterocycles. The first-order chi connectivity index (χ1) is 8.97. The summed E-state index contributed by atoms with van der Waals surface area (Å²) in [4.78, 5) is 22.6. The molecule has 0 saturated heterocycles. The van der Waals surface area contributed by atoms with Gasteiger partial charge >= 0.3 is 0 Å². The van der Waals surface area contributed by atoms with Crippen molar-refractivity contribution >= 4 is 18.0 Å². The lowest BCUT2D eigenvalue weighted by Gasteiger charge is -2.06. The Labute approximate surface area is 110 Å². The molecule has 0 spiro atoms. The van der Waals surface area contributed by atoms with E-state index in [2.05, 4.69) is 15.8 Å². The molecule has 2 N–H and O–H groups in total. The number of nitrogens with zero attached hydrogens (tertiary/aromatic N) is 1. The Morgan fingerprint density at radius 1 is 1.26 bits per heavy atom. The summed E-state index contributed by atoms with van der Waals surface area (Å²) in [6.07, 6.45) is 1.09. The summed E-state index contributed by atoms with van der Waals surface area (Å²) >= 11 is 0. The third kappa shape index (κ3) is 6.30. The summed E-state index contributed by atoms with van der Waals surface area (Å²) < 4.78 is 12.6. The van der Waals surface area contributed by atoms with E-state index in [0.29, 0.717) is 5.56 Å². The minimum absolute atomic E-state index is 0.0111. The number of benzene rings is 1. The maximum atomic E-state index is 12.6. The normalized spacial score (nSPS) is 10.7. The average Bonchev–Trinajstić information content (AvgIpc) is 2.30. The quantitative estimate of drug-likeness (QED) is 0.477. The Kier molecular flexibility index (Phi) is 5.66. The van der Waals surface area contributed by atoms with Crippen LogP contribution in [0.4, 0.5) is 4.39 Å². The number of hydrazone groups is 1. The molecule has 0 atom stereocenters. The van der Waals surface area contributed by atoms with E-state index in [0.717, 1.165) is 0 Å². The molecule has 1 rings (SSSR count). The molecule has 0 aromatic heterocycles. The fourth-order valence-corrected chi connectivity index (χ4v) is 1.29. The number of amides is 2. The molecule has 2 amide bonds. The van der Waals surface area contributed by atoms with Crippen molar-refractivity contribution in [3.05, 3.63) is 35.6 Å². The minimum Gasteiger partial charge on any atom is -0.353 e. The fraction of sp³-hybridized carbons (Fsp3) is 0.308. The van der Waals surface area contributed by atoms with E-state index in [4.69, 9.17) is 0 Å². The van der Waals surface area contributed by atoms with Gasteiger partial charge in [-0.3, -0.25) is 9.59 Å². The molecule has 0 fully saturated rings. The van der Waals surface area contributed by atoms with Gasteiger partial charge in [0, 0.05) is 6.04 Å². The van der Waals surface area contributed by atoms with Crippen LogP contribution in [0.3, 0.4) is 0 Å². The van der Waals surface area contributed by atoms with E-state index in [1.54, 1.807) is 0 Å². The van der Waals surface area contributed by atoms with Crippen LogP contribution < -0.4 is 10.7 Å². The molecule has 0 radical (unpaired) electrons. The van der Waals surface area contributed by atoms with Crippen LogP contribution in [0.2, 0.25) is 0 Å². The van der Waals surface area contributed by atoms with Crippen LogP contribution in [0.15, 0.2) is 29.4 Å². The predicted octanol–water partition coefficient (Wildman–Crippen LogP) is 1.19. The fourth-order valence-electron chi connectivity index (χ4n) is 1.29. The second kappa shape index (κ2) is 7.25. The van der Waals surface area contributed by atoms with Gasteiger partial charge in [-0.1, -0.05) is 12.1 Å². The molecule has 0 aliphatic rings. The van der Waals surface area contributed by atoms with Gasteiger partial charge in [-0.15, -0.1) is 0 Å². The highest BCUT2D eigenvalue weighted by atomic mass is 19.1. The first-order valence-electron chi connectivity index (χ1n) is 5.84. The number of hydrogen-bond donors (Lipinski definition) is 2. The molecule has 6 heteroatoms. The van der Waals surface area contributed by atoms with Crippen molar-refractivity contribution < 1.29 is 14.0 Å². The van der Waals surface area contributed by atoms with Gasteiger partial charge in [0.05, 0.1) is 6.21 Å². The molecule has 1 aromatic carbocycles. The molecule has 5 nitrogen and oxygen atoms in total. The smallest absolute Gasteiger partial charge is 0.249 e. The number of hydrogen-bond acceptors (Lipinski definition) is 3. The highest BCUT2D eigenvalue weighted by Gasteiger charge is 2.08. The molecule has 0 aliphatic heterocycles. The zero-order valence-electron chi connectivity index (χ0n) is 10.8. The first kappa shape index (κ1) is 14.8. The van der Waals surface area contributed by atoms with Crippen LogP contribution in [-0.4, -0.2) is 24.1 Å². The molecular weight excluding hydrogens is 249 g/mol. The van der Waals surface area contributed by atoms with Crippen molar-refractivity contribution in [3.8, 4) is 0 Å². The predicted molar refractivity (Wildman–Crippen MR) is 70.0 cm³/mol. The second-order valence-electron chi connectivity index (χ2n) is 4.24. The standard InChI is InChI=1S/C13H16FN3O2/c1-9(2)16-12(18)7-13(19)17-15-8-10-3-5-11(14)6-4-10/h3-6,8-9H,7H2,1-2H3,(H,16,18)(H,17,19). The Hall–Kier alpha value is -2.24. The molecule has 0 unspecified atom stereocenters. The van der Waals surface area contributed by atoms with Crippen LogP contribution >= 0.6 is 0 Å². The summed E-state index contributed by atoms with van der Waals surface area (Å²) in [5.41, 5.74) is 2.87. The van der Waals surface area contributed by atoms with Crippen LogP contribution in [0.1, 0.15) is 25.8 Å². The van der Waals surface area contributed by atoms with E-state index >= 15 is 0 Å². The van der Waals surface area contributed by atoms with Crippen molar-refractivity contribution in [1.29, 1.82) is 0 Å². The van der Waals surface area contributed by atoms with Gasteiger partial charge in [-0.05, 0) is 31.5 Å². The molecule has 102 valence electrons.